The zero-order valence-electron chi connectivity index (χ0n) is 19.3. The van der Waals surface area contributed by atoms with Gasteiger partial charge in [-0.25, -0.2) is 0 Å². The topological polar surface area (TPSA) is 67.4 Å². The van der Waals surface area contributed by atoms with Gasteiger partial charge in [0.15, 0.2) is 0 Å². The second kappa shape index (κ2) is 10.6. The Balaban J connectivity index is 1.32. The highest BCUT2D eigenvalue weighted by atomic mass is 16.5. The Morgan fingerprint density at radius 2 is 1.76 bits per heavy atom. The maximum Gasteiger partial charge on any atom is 0.307 e. The van der Waals surface area contributed by atoms with Gasteiger partial charge in [-0.05, 0) is 66.1 Å². The summed E-state index contributed by atoms with van der Waals surface area (Å²) >= 11 is 0. The van der Waals surface area contributed by atoms with Crippen molar-refractivity contribution < 1.29 is 14.3 Å². The predicted molar refractivity (Wildman–Crippen MR) is 131 cm³/mol. The smallest absolute Gasteiger partial charge is 0.307 e. The summed E-state index contributed by atoms with van der Waals surface area (Å²) in [5, 5.41) is 9.21. The third kappa shape index (κ3) is 5.60. The van der Waals surface area contributed by atoms with Gasteiger partial charge in [-0.15, -0.1) is 0 Å². The summed E-state index contributed by atoms with van der Waals surface area (Å²) in [4.78, 5) is 23.4. The molecule has 172 valence electrons. The van der Waals surface area contributed by atoms with E-state index in [4.69, 9.17) is 0 Å². The minimum Gasteiger partial charge on any atom is -0.469 e. The van der Waals surface area contributed by atoms with E-state index < -0.39 is 0 Å². The quantitative estimate of drug-likeness (QED) is 0.473. The molecule has 3 unspecified atom stereocenters. The van der Waals surface area contributed by atoms with E-state index in [1.165, 1.54) is 29.0 Å². The number of benzene rings is 3. The molecule has 4 rings (SSSR count). The van der Waals surface area contributed by atoms with Crippen LogP contribution in [0.3, 0.4) is 0 Å². The number of hydrogen-bond acceptors (Lipinski definition) is 4. The fourth-order valence-corrected chi connectivity index (χ4v) is 4.90. The van der Waals surface area contributed by atoms with Crippen molar-refractivity contribution in [3.05, 3.63) is 83.4 Å². The Morgan fingerprint density at radius 1 is 1.00 bits per heavy atom. The van der Waals surface area contributed by atoms with Crippen molar-refractivity contribution in [3.63, 3.8) is 0 Å². The normalized spacial score (nSPS) is 18.7. The summed E-state index contributed by atoms with van der Waals surface area (Å²) in [5.74, 6) is 0.00352. The molecule has 1 aliphatic carbocycles. The average molecular weight is 445 g/mol. The number of carbonyl (C=O) groups is 2. The van der Waals surface area contributed by atoms with Crippen LogP contribution in [-0.4, -0.2) is 31.6 Å². The molecule has 1 saturated carbocycles. The van der Waals surface area contributed by atoms with Crippen LogP contribution >= 0.6 is 0 Å². The number of fused-ring (bicyclic) bond motifs is 1. The molecule has 1 fully saturated rings. The van der Waals surface area contributed by atoms with Gasteiger partial charge in [0.1, 0.15) is 0 Å². The third-order valence-corrected chi connectivity index (χ3v) is 6.69. The lowest BCUT2D eigenvalue weighted by atomic mass is 9.96. The molecule has 0 heterocycles. The van der Waals surface area contributed by atoms with Gasteiger partial charge in [0.25, 0.3) is 5.91 Å². The van der Waals surface area contributed by atoms with Crippen LogP contribution in [0.2, 0.25) is 0 Å². The van der Waals surface area contributed by atoms with Crippen LogP contribution in [0.4, 0.5) is 0 Å². The van der Waals surface area contributed by atoms with E-state index in [1.807, 2.05) is 12.1 Å². The van der Waals surface area contributed by atoms with Gasteiger partial charge in [0.2, 0.25) is 0 Å². The summed E-state index contributed by atoms with van der Waals surface area (Å²) in [5.41, 5.74) is 3.24. The van der Waals surface area contributed by atoms with Gasteiger partial charge in [0, 0.05) is 24.2 Å². The second-order valence-corrected chi connectivity index (χ2v) is 8.87. The molecule has 3 atom stereocenters. The molecule has 2 N–H and O–H groups in total. The number of hydrogen-bond donors (Lipinski definition) is 2. The predicted octanol–water partition coefficient (Wildman–Crippen LogP) is 5.12. The first-order valence-corrected chi connectivity index (χ1v) is 11.7. The minimum atomic E-state index is -0.329. The lowest BCUT2D eigenvalue weighted by Gasteiger charge is -2.21. The SMILES string of the molecule is COC(=O)CCNC(=O)c1ccc(C2CCC(NC(C)c3cccc4ccccc34)C2)cc1. The number of rotatable bonds is 8. The first kappa shape index (κ1) is 23.0. The summed E-state index contributed by atoms with van der Waals surface area (Å²) in [6, 6.07) is 23.7. The Labute approximate surface area is 195 Å². The van der Waals surface area contributed by atoms with Crippen LogP contribution < -0.4 is 10.6 Å². The lowest BCUT2D eigenvalue weighted by molar-refractivity contribution is -0.140. The zero-order chi connectivity index (χ0) is 23.2. The largest absolute Gasteiger partial charge is 0.469 e. The fraction of sp³-hybridized carbons (Fsp3) is 0.357. The van der Waals surface area contributed by atoms with E-state index in [-0.39, 0.29) is 30.9 Å². The summed E-state index contributed by atoms with van der Waals surface area (Å²) < 4.78 is 4.59. The number of carbonyl (C=O) groups excluding carboxylic acids is 2. The number of ether oxygens (including phenoxy) is 1. The average Bonchev–Trinajstić information content (AvgIpc) is 3.32. The molecule has 1 amide bonds. The van der Waals surface area contributed by atoms with E-state index in [0.29, 0.717) is 17.5 Å². The lowest BCUT2D eigenvalue weighted by Crippen LogP contribution is -2.29. The van der Waals surface area contributed by atoms with Crippen molar-refractivity contribution in [3.8, 4) is 0 Å². The van der Waals surface area contributed by atoms with E-state index in [2.05, 4.69) is 76.9 Å². The van der Waals surface area contributed by atoms with Crippen molar-refractivity contribution in [2.45, 2.75) is 50.6 Å². The van der Waals surface area contributed by atoms with Gasteiger partial charge < -0.3 is 15.4 Å². The highest BCUT2D eigenvalue weighted by molar-refractivity contribution is 5.94. The zero-order valence-corrected chi connectivity index (χ0v) is 19.3. The van der Waals surface area contributed by atoms with Gasteiger partial charge in [-0.3, -0.25) is 9.59 Å². The molecular weight excluding hydrogens is 412 g/mol. The molecular formula is C28H32N2O3. The maximum atomic E-state index is 12.3. The Hall–Kier alpha value is -3.18. The third-order valence-electron chi connectivity index (χ3n) is 6.69. The standard InChI is InChI=1S/C28H32N2O3/c1-19(25-9-5-7-21-6-3-4-8-26(21)25)30-24-15-14-23(18-24)20-10-12-22(13-11-20)28(32)29-17-16-27(31)33-2/h3-13,19,23-24,30H,14-18H2,1-2H3,(H,29,32). The number of methoxy groups -OCH3 is 1. The van der Waals surface area contributed by atoms with E-state index >= 15 is 0 Å². The maximum absolute atomic E-state index is 12.3. The minimum absolute atomic E-state index is 0.166. The van der Waals surface area contributed by atoms with Crippen LogP contribution in [0.5, 0.6) is 0 Å². The van der Waals surface area contributed by atoms with Crippen LogP contribution in [0.1, 0.15) is 66.1 Å². The monoisotopic (exact) mass is 444 g/mol. The van der Waals surface area contributed by atoms with Crippen molar-refractivity contribution in [1.29, 1.82) is 0 Å². The van der Waals surface area contributed by atoms with Gasteiger partial charge >= 0.3 is 5.97 Å². The molecule has 0 aliphatic heterocycles. The molecule has 1 aliphatic rings. The number of amides is 1. The summed E-state index contributed by atoms with van der Waals surface area (Å²) in [6.45, 7) is 2.53. The van der Waals surface area contributed by atoms with Crippen LogP contribution in [-0.2, 0) is 9.53 Å². The molecule has 33 heavy (non-hydrogen) atoms. The number of nitrogens with one attached hydrogen (secondary N) is 2. The molecule has 5 heteroatoms. The van der Waals surface area contributed by atoms with Crippen molar-refractivity contribution >= 4 is 22.6 Å². The van der Waals surface area contributed by atoms with Crippen LogP contribution in [0.15, 0.2) is 66.7 Å². The molecule has 0 spiro atoms. The van der Waals surface area contributed by atoms with E-state index in [1.54, 1.807) is 0 Å². The second-order valence-electron chi connectivity index (χ2n) is 8.87. The molecule has 0 bridgehead atoms. The molecule has 5 nitrogen and oxygen atoms in total. The molecule has 0 saturated heterocycles. The first-order chi connectivity index (χ1) is 16.0. The van der Waals surface area contributed by atoms with Gasteiger partial charge in [-0.1, -0.05) is 54.6 Å². The Bertz CT molecular complexity index is 1100. The van der Waals surface area contributed by atoms with Crippen LogP contribution in [0.25, 0.3) is 10.8 Å². The molecule has 0 radical (unpaired) electrons. The Kier molecular flexibility index (Phi) is 7.40. The van der Waals surface area contributed by atoms with Crippen LogP contribution in [0, 0.1) is 0 Å². The highest BCUT2D eigenvalue weighted by Crippen LogP contribution is 2.36. The van der Waals surface area contributed by atoms with Crippen molar-refractivity contribution in [1.82, 2.24) is 10.6 Å². The summed E-state index contributed by atoms with van der Waals surface area (Å²) in [6.07, 6.45) is 3.56. The van der Waals surface area contributed by atoms with Crippen molar-refractivity contribution in [2.24, 2.45) is 0 Å². The first-order valence-electron chi connectivity index (χ1n) is 11.7. The van der Waals surface area contributed by atoms with Gasteiger partial charge in [-0.2, -0.15) is 0 Å². The van der Waals surface area contributed by atoms with E-state index in [9.17, 15) is 9.59 Å². The van der Waals surface area contributed by atoms with Crippen molar-refractivity contribution in [2.75, 3.05) is 13.7 Å². The molecule has 0 aromatic heterocycles. The summed E-state index contributed by atoms with van der Waals surface area (Å²) in [7, 11) is 1.34. The number of esters is 1. The van der Waals surface area contributed by atoms with E-state index in [0.717, 1.165) is 19.3 Å². The fourth-order valence-electron chi connectivity index (χ4n) is 4.90. The Morgan fingerprint density at radius 3 is 2.55 bits per heavy atom. The highest BCUT2D eigenvalue weighted by Gasteiger charge is 2.27. The molecule has 3 aromatic rings. The van der Waals surface area contributed by atoms with Gasteiger partial charge in [0.05, 0.1) is 13.5 Å². The molecule has 3 aromatic carbocycles.